The van der Waals surface area contributed by atoms with Gasteiger partial charge in [-0.15, -0.1) is 12.4 Å². The van der Waals surface area contributed by atoms with E-state index >= 15 is 0 Å². The summed E-state index contributed by atoms with van der Waals surface area (Å²) in [7, 11) is 0. The molecule has 1 unspecified atom stereocenters. The van der Waals surface area contributed by atoms with Gasteiger partial charge in [0.2, 0.25) is 17.6 Å². The number of aromatic nitrogens is 2. The van der Waals surface area contributed by atoms with Gasteiger partial charge in [0, 0.05) is 18.5 Å². The molecule has 3 rings (SSSR count). The first-order valence-corrected chi connectivity index (χ1v) is 7.22. The average molecular weight is 323 g/mol. The van der Waals surface area contributed by atoms with Gasteiger partial charge in [-0.25, -0.2) is 0 Å². The van der Waals surface area contributed by atoms with Crippen molar-refractivity contribution in [1.82, 2.24) is 20.8 Å². The van der Waals surface area contributed by atoms with Gasteiger partial charge < -0.3 is 15.2 Å². The van der Waals surface area contributed by atoms with Gasteiger partial charge in [0.25, 0.3) is 0 Å². The van der Waals surface area contributed by atoms with Crippen LogP contribution in [0.15, 0.2) is 34.9 Å². The van der Waals surface area contributed by atoms with E-state index < -0.39 is 0 Å². The van der Waals surface area contributed by atoms with Gasteiger partial charge in [-0.2, -0.15) is 4.98 Å². The molecule has 118 valence electrons. The Labute approximate surface area is 135 Å². The van der Waals surface area contributed by atoms with Gasteiger partial charge >= 0.3 is 0 Å². The van der Waals surface area contributed by atoms with Gasteiger partial charge in [-0.05, 0) is 19.4 Å². The maximum absolute atomic E-state index is 11.8. The quantitative estimate of drug-likeness (QED) is 0.873. The lowest BCUT2D eigenvalue weighted by atomic mass is 10.2. The van der Waals surface area contributed by atoms with Crippen molar-refractivity contribution in [2.45, 2.75) is 25.3 Å². The minimum atomic E-state index is -0.0486. The number of nitrogens with one attached hydrogen (secondary N) is 2. The van der Waals surface area contributed by atoms with Gasteiger partial charge in [-0.3, -0.25) is 4.79 Å². The minimum absolute atomic E-state index is 0. The number of carbonyl (C=O) groups excluding carboxylic acids is 1. The maximum atomic E-state index is 11.8. The van der Waals surface area contributed by atoms with Gasteiger partial charge in [0.05, 0.1) is 6.04 Å². The fourth-order valence-corrected chi connectivity index (χ4v) is 2.39. The Hall–Kier alpha value is -1.92. The Morgan fingerprint density at radius 2 is 2.18 bits per heavy atom. The summed E-state index contributed by atoms with van der Waals surface area (Å²) in [6.45, 7) is 1.43. The maximum Gasteiger partial charge on any atom is 0.237 e. The fraction of sp³-hybridized carbons (Fsp3) is 0.400. The van der Waals surface area contributed by atoms with E-state index in [1.165, 1.54) is 0 Å². The molecule has 7 heteroatoms. The zero-order chi connectivity index (χ0) is 14.5. The van der Waals surface area contributed by atoms with Crippen LogP contribution in [0.25, 0.3) is 11.4 Å². The second-order valence-electron chi connectivity index (χ2n) is 5.07. The Morgan fingerprint density at radius 3 is 2.91 bits per heavy atom. The highest BCUT2D eigenvalue weighted by molar-refractivity contribution is 5.85. The molecule has 1 saturated heterocycles. The number of hydrogen-bond donors (Lipinski definition) is 2. The molecule has 1 amide bonds. The third kappa shape index (κ3) is 4.05. The smallest absolute Gasteiger partial charge is 0.237 e. The summed E-state index contributed by atoms with van der Waals surface area (Å²) in [5.74, 6) is 1.17. The van der Waals surface area contributed by atoms with Crippen molar-refractivity contribution in [3.8, 4) is 11.4 Å². The van der Waals surface area contributed by atoms with Crippen molar-refractivity contribution in [2.24, 2.45) is 0 Å². The van der Waals surface area contributed by atoms with Crippen LogP contribution >= 0.6 is 12.4 Å². The van der Waals surface area contributed by atoms with Crippen LogP contribution < -0.4 is 10.6 Å². The predicted octanol–water partition coefficient (Wildman–Crippen LogP) is 1.57. The SMILES string of the molecule is Cl.O=C(NCCc1nc(-c2ccccc2)no1)C1CCCN1. The summed E-state index contributed by atoms with van der Waals surface area (Å²) in [6.07, 6.45) is 2.50. The van der Waals surface area contributed by atoms with Gasteiger partial charge in [-0.1, -0.05) is 35.5 Å². The third-order valence-corrected chi connectivity index (χ3v) is 3.51. The lowest BCUT2D eigenvalue weighted by Crippen LogP contribution is -2.41. The lowest BCUT2D eigenvalue weighted by molar-refractivity contribution is -0.122. The molecule has 2 aromatic rings. The molecule has 2 heterocycles. The molecule has 0 saturated carbocycles. The van der Waals surface area contributed by atoms with Crippen LogP contribution in [0.5, 0.6) is 0 Å². The molecule has 6 nitrogen and oxygen atoms in total. The molecule has 1 aliphatic heterocycles. The standard InChI is InChI=1S/C15H18N4O2.ClH/c20-15(12-7-4-9-16-12)17-10-8-13-18-14(19-21-13)11-5-2-1-3-6-11;/h1-3,5-6,12,16H,4,7-10H2,(H,17,20);1H. The highest BCUT2D eigenvalue weighted by atomic mass is 35.5. The van der Waals surface area contributed by atoms with Gasteiger partial charge in [0.1, 0.15) is 0 Å². The van der Waals surface area contributed by atoms with E-state index in [1.54, 1.807) is 0 Å². The molecule has 1 aromatic heterocycles. The van der Waals surface area contributed by atoms with Crippen LogP contribution in [-0.2, 0) is 11.2 Å². The Balaban J connectivity index is 0.00000176. The highest BCUT2D eigenvalue weighted by Gasteiger charge is 2.21. The van der Waals surface area contributed by atoms with Crippen molar-refractivity contribution in [3.63, 3.8) is 0 Å². The van der Waals surface area contributed by atoms with Crippen LogP contribution in [-0.4, -0.2) is 35.2 Å². The number of rotatable bonds is 5. The van der Waals surface area contributed by atoms with Crippen LogP contribution in [0, 0.1) is 0 Å². The van der Waals surface area contributed by atoms with Crippen molar-refractivity contribution in [1.29, 1.82) is 0 Å². The lowest BCUT2D eigenvalue weighted by Gasteiger charge is -2.09. The molecule has 0 radical (unpaired) electrons. The molecule has 2 N–H and O–H groups in total. The molecular weight excluding hydrogens is 304 g/mol. The van der Waals surface area contributed by atoms with E-state index in [2.05, 4.69) is 20.8 Å². The second-order valence-corrected chi connectivity index (χ2v) is 5.07. The Kier molecular flexibility index (Phi) is 5.91. The molecule has 1 fully saturated rings. The zero-order valence-corrected chi connectivity index (χ0v) is 12.9. The number of hydrogen-bond acceptors (Lipinski definition) is 5. The van der Waals surface area contributed by atoms with E-state index in [4.69, 9.17) is 4.52 Å². The summed E-state index contributed by atoms with van der Waals surface area (Å²) in [5, 5.41) is 10.0. The van der Waals surface area contributed by atoms with E-state index in [0.717, 1.165) is 24.9 Å². The summed E-state index contributed by atoms with van der Waals surface area (Å²) in [4.78, 5) is 16.2. The average Bonchev–Trinajstić information content (AvgIpc) is 3.20. The predicted molar refractivity (Wildman–Crippen MR) is 84.7 cm³/mol. The van der Waals surface area contributed by atoms with E-state index in [-0.39, 0.29) is 24.4 Å². The first kappa shape index (κ1) is 16.5. The first-order chi connectivity index (χ1) is 10.3. The van der Waals surface area contributed by atoms with E-state index in [1.807, 2.05) is 30.3 Å². The Morgan fingerprint density at radius 1 is 1.36 bits per heavy atom. The topological polar surface area (TPSA) is 80.1 Å². The van der Waals surface area contributed by atoms with Gasteiger partial charge in [0.15, 0.2) is 0 Å². The molecule has 1 aliphatic rings. The molecular formula is C15H19ClN4O2. The van der Waals surface area contributed by atoms with Crippen molar-refractivity contribution >= 4 is 18.3 Å². The molecule has 0 bridgehead atoms. The number of amides is 1. The fourth-order valence-electron chi connectivity index (χ4n) is 2.39. The monoisotopic (exact) mass is 322 g/mol. The summed E-state index contributed by atoms with van der Waals surface area (Å²) < 4.78 is 5.20. The molecule has 0 spiro atoms. The van der Waals surface area contributed by atoms with Crippen LogP contribution in [0.4, 0.5) is 0 Å². The van der Waals surface area contributed by atoms with E-state index in [0.29, 0.717) is 24.7 Å². The normalized spacial score (nSPS) is 17.0. The Bertz CT molecular complexity index is 597. The molecule has 0 aliphatic carbocycles. The van der Waals surface area contributed by atoms with Crippen LogP contribution in [0.2, 0.25) is 0 Å². The highest BCUT2D eigenvalue weighted by Crippen LogP contribution is 2.14. The first-order valence-electron chi connectivity index (χ1n) is 7.22. The summed E-state index contributed by atoms with van der Waals surface area (Å²) in [5.41, 5.74) is 0.923. The largest absolute Gasteiger partial charge is 0.354 e. The van der Waals surface area contributed by atoms with Crippen molar-refractivity contribution < 1.29 is 9.32 Å². The van der Waals surface area contributed by atoms with Crippen LogP contribution in [0.3, 0.4) is 0 Å². The zero-order valence-electron chi connectivity index (χ0n) is 12.1. The number of halogens is 1. The molecule has 1 aromatic carbocycles. The second kappa shape index (κ2) is 7.91. The number of nitrogens with zero attached hydrogens (tertiary/aromatic N) is 2. The molecule has 1 atom stereocenters. The minimum Gasteiger partial charge on any atom is -0.354 e. The van der Waals surface area contributed by atoms with Crippen LogP contribution in [0.1, 0.15) is 18.7 Å². The van der Waals surface area contributed by atoms with Crippen molar-refractivity contribution in [2.75, 3.05) is 13.1 Å². The third-order valence-electron chi connectivity index (χ3n) is 3.51. The summed E-state index contributed by atoms with van der Waals surface area (Å²) in [6, 6.07) is 9.62. The summed E-state index contributed by atoms with van der Waals surface area (Å²) >= 11 is 0. The molecule has 22 heavy (non-hydrogen) atoms. The number of carbonyl (C=O) groups is 1. The van der Waals surface area contributed by atoms with Crippen molar-refractivity contribution in [3.05, 3.63) is 36.2 Å². The number of benzene rings is 1. The van der Waals surface area contributed by atoms with E-state index in [9.17, 15) is 4.79 Å².